The number of ether oxygens (including phenoxy) is 1. The zero-order valence-corrected chi connectivity index (χ0v) is 9.45. The van der Waals surface area contributed by atoms with Gasteiger partial charge in [0.2, 0.25) is 0 Å². The fourth-order valence-corrected chi connectivity index (χ4v) is 2.08. The van der Waals surface area contributed by atoms with Crippen molar-refractivity contribution in [3.05, 3.63) is 29.6 Å². The highest BCUT2D eigenvalue weighted by Gasteiger charge is 2.24. The lowest BCUT2D eigenvalue weighted by Crippen LogP contribution is -2.34. The zero-order chi connectivity index (χ0) is 11.5. The molecule has 88 valence electrons. The van der Waals surface area contributed by atoms with Crippen LogP contribution in [0.1, 0.15) is 31.2 Å². The van der Waals surface area contributed by atoms with E-state index in [1.807, 2.05) is 0 Å². The smallest absolute Gasteiger partial charge is 0.126 e. The summed E-state index contributed by atoms with van der Waals surface area (Å²) < 4.78 is 18.7. The molecular weight excluding hydrogens is 207 g/mol. The van der Waals surface area contributed by atoms with Crippen LogP contribution in [0.2, 0.25) is 0 Å². The van der Waals surface area contributed by atoms with Crippen molar-refractivity contribution >= 4 is 0 Å². The number of halogens is 1. The highest BCUT2D eigenvalue weighted by atomic mass is 19.1. The van der Waals surface area contributed by atoms with Gasteiger partial charge >= 0.3 is 0 Å². The number of aryl methyl sites for hydroxylation is 1. The summed E-state index contributed by atoms with van der Waals surface area (Å²) in [4.78, 5) is 0. The fourth-order valence-electron chi connectivity index (χ4n) is 2.08. The first-order valence-electron chi connectivity index (χ1n) is 5.77. The van der Waals surface area contributed by atoms with Gasteiger partial charge in [-0.15, -0.1) is 0 Å². The molecule has 1 aliphatic carbocycles. The van der Waals surface area contributed by atoms with E-state index >= 15 is 0 Å². The molecule has 3 heteroatoms. The Hall–Kier alpha value is -1.09. The Morgan fingerprint density at radius 3 is 2.75 bits per heavy atom. The number of aliphatic hydroxyl groups is 1. The summed E-state index contributed by atoms with van der Waals surface area (Å²) in [5, 5.41) is 9.76. The van der Waals surface area contributed by atoms with Gasteiger partial charge in [-0.3, -0.25) is 0 Å². The predicted molar refractivity (Wildman–Crippen MR) is 60.0 cm³/mol. The number of rotatable bonds is 2. The molecule has 0 aliphatic heterocycles. The maximum atomic E-state index is 13.0. The molecule has 0 bridgehead atoms. The topological polar surface area (TPSA) is 29.5 Å². The van der Waals surface area contributed by atoms with Crippen LogP contribution in [0.4, 0.5) is 4.39 Å². The molecule has 1 fully saturated rings. The summed E-state index contributed by atoms with van der Waals surface area (Å²) in [6, 6.07) is 4.69. The molecule has 0 saturated heterocycles. The molecule has 2 unspecified atom stereocenters. The second-order valence-corrected chi connectivity index (χ2v) is 4.42. The van der Waals surface area contributed by atoms with Crippen molar-refractivity contribution in [3.63, 3.8) is 0 Å². The third-order valence-corrected chi connectivity index (χ3v) is 3.08. The monoisotopic (exact) mass is 224 g/mol. The van der Waals surface area contributed by atoms with E-state index in [2.05, 4.69) is 0 Å². The van der Waals surface area contributed by atoms with Crippen LogP contribution in [0.5, 0.6) is 5.75 Å². The van der Waals surface area contributed by atoms with E-state index in [-0.39, 0.29) is 18.0 Å². The van der Waals surface area contributed by atoms with Crippen LogP contribution in [0.25, 0.3) is 0 Å². The Bertz CT molecular complexity index is 365. The zero-order valence-electron chi connectivity index (χ0n) is 9.45. The SMILES string of the molecule is Cc1cc(OC2CCCCC2O)ccc1F. The van der Waals surface area contributed by atoms with Crippen molar-refractivity contribution in [1.29, 1.82) is 0 Å². The summed E-state index contributed by atoms with van der Waals surface area (Å²) in [6.07, 6.45) is 3.28. The second kappa shape index (κ2) is 4.83. The molecule has 1 N–H and O–H groups in total. The van der Waals surface area contributed by atoms with E-state index in [0.29, 0.717) is 11.3 Å². The Kier molecular flexibility index (Phi) is 3.44. The maximum Gasteiger partial charge on any atom is 0.126 e. The normalized spacial score (nSPS) is 25.4. The predicted octanol–water partition coefficient (Wildman–Crippen LogP) is 2.82. The van der Waals surface area contributed by atoms with Gasteiger partial charge in [-0.2, -0.15) is 0 Å². The number of aliphatic hydroxyl groups excluding tert-OH is 1. The van der Waals surface area contributed by atoms with Crippen LogP contribution in [-0.4, -0.2) is 17.3 Å². The van der Waals surface area contributed by atoms with Crippen molar-refractivity contribution in [1.82, 2.24) is 0 Å². The van der Waals surface area contributed by atoms with E-state index in [9.17, 15) is 9.50 Å². The van der Waals surface area contributed by atoms with Crippen molar-refractivity contribution in [3.8, 4) is 5.75 Å². The van der Waals surface area contributed by atoms with E-state index in [4.69, 9.17) is 4.74 Å². The van der Waals surface area contributed by atoms with E-state index in [1.165, 1.54) is 6.07 Å². The van der Waals surface area contributed by atoms with Crippen molar-refractivity contribution in [2.45, 2.75) is 44.8 Å². The minimum absolute atomic E-state index is 0.140. The van der Waals surface area contributed by atoms with Gasteiger partial charge in [-0.25, -0.2) is 4.39 Å². The third kappa shape index (κ3) is 2.53. The van der Waals surface area contributed by atoms with Gasteiger partial charge < -0.3 is 9.84 Å². The highest BCUT2D eigenvalue weighted by Crippen LogP contribution is 2.24. The molecule has 0 spiro atoms. The Labute approximate surface area is 95.1 Å². The molecule has 1 saturated carbocycles. The van der Waals surface area contributed by atoms with Gasteiger partial charge in [0.25, 0.3) is 0 Å². The van der Waals surface area contributed by atoms with Crippen LogP contribution in [0, 0.1) is 12.7 Å². The Balaban J connectivity index is 2.05. The minimum Gasteiger partial charge on any atom is -0.488 e. The molecule has 0 amide bonds. The molecule has 2 nitrogen and oxygen atoms in total. The van der Waals surface area contributed by atoms with E-state index < -0.39 is 0 Å². The standard InChI is InChI=1S/C13H17FO2/c1-9-8-10(6-7-11(9)14)16-13-5-3-2-4-12(13)15/h6-8,12-13,15H,2-5H2,1H3. The summed E-state index contributed by atoms with van der Waals surface area (Å²) in [5.41, 5.74) is 0.572. The van der Waals surface area contributed by atoms with E-state index in [1.54, 1.807) is 19.1 Å². The molecule has 0 aromatic heterocycles. The minimum atomic E-state index is -0.390. The largest absolute Gasteiger partial charge is 0.488 e. The summed E-state index contributed by atoms with van der Waals surface area (Å²) in [7, 11) is 0. The first-order valence-corrected chi connectivity index (χ1v) is 5.77. The third-order valence-electron chi connectivity index (χ3n) is 3.08. The molecule has 1 aromatic carbocycles. The number of hydrogen-bond acceptors (Lipinski definition) is 2. The van der Waals surface area contributed by atoms with Crippen molar-refractivity contribution in [2.75, 3.05) is 0 Å². The summed E-state index contributed by atoms with van der Waals surface area (Å²) >= 11 is 0. The van der Waals surface area contributed by atoms with E-state index in [0.717, 1.165) is 25.7 Å². The molecule has 2 atom stereocenters. The highest BCUT2D eigenvalue weighted by molar-refractivity contribution is 5.29. The first kappa shape index (κ1) is 11.4. The van der Waals surface area contributed by atoms with Gasteiger partial charge in [-0.1, -0.05) is 6.42 Å². The van der Waals surface area contributed by atoms with Crippen LogP contribution in [0.3, 0.4) is 0 Å². The Morgan fingerprint density at radius 2 is 2.06 bits per heavy atom. The summed E-state index contributed by atoms with van der Waals surface area (Å²) in [6.45, 7) is 1.71. The van der Waals surface area contributed by atoms with Crippen LogP contribution in [-0.2, 0) is 0 Å². The quantitative estimate of drug-likeness (QED) is 0.837. The van der Waals surface area contributed by atoms with Crippen LogP contribution >= 0.6 is 0 Å². The van der Waals surface area contributed by atoms with Crippen LogP contribution < -0.4 is 4.74 Å². The molecule has 16 heavy (non-hydrogen) atoms. The van der Waals surface area contributed by atoms with Crippen molar-refractivity contribution < 1.29 is 14.2 Å². The molecule has 0 radical (unpaired) electrons. The summed E-state index contributed by atoms with van der Waals surface area (Å²) in [5.74, 6) is 0.418. The number of benzene rings is 1. The first-order chi connectivity index (χ1) is 7.66. The van der Waals surface area contributed by atoms with Crippen molar-refractivity contribution in [2.24, 2.45) is 0 Å². The lowest BCUT2D eigenvalue weighted by Gasteiger charge is -2.28. The van der Waals surface area contributed by atoms with Crippen LogP contribution in [0.15, 0.2) is 18.2 Å². The average Bonchev–Trinajstić information content (AvgIpc) is 2.27. The average molecular weight is 224 g/mol. The molecule has 1 aliphatic rings. The molecular formula is C13H17FO2. The molecule has 0 heterocycles. The van der Waals surface area contributed by atoms with Gasteiger partial charge in [-0.05, 0) is 49.9 Å². The lowest BCUT2D eigenvalue weighted by molar-refractivity contribution is 0.00681. The molecule has 2 rings (SSSR count). The molecule has 1 aromatic rings. The number of hydrogen-bond donors (Lipinski definition) is 1. The van der Waals surface area contributed by atoms with Gasteiger partial charge in [0.1, 0.15) is 17.7 Å². The van der Waals surface area contributed by atoms with Gasteiger partial charge in [0.15, 0.2) is 0 Å². The Morgan fingerprint density at radius 1 is 1.31 bits per heavy atom. The van der Waals surface area contributed by atoms with Gasteiger partial charge in [0, 0.05) is 0 Å². The lowest BCUT2D eigenvalue weighted by atomic mass is 9.95. The fraction of sp³-hybridized carbons (Fsp3) is 0.538. The maximum absolute atomic E-state index is 13.0. The second-order valence-electron chi connectivity index (χ2n) is 4.42. The van der Waals surface area contributed by atoms with Gasteiger partial charge in [0.05, 0.1) is 6.10 Å².